The van der Waals surface area contributed by atoms with Gasteiger partial charge in [-0.25, -0.2) is 0 Å². The topological polar surface area (TPSA) is 135 Å². The van der Waals surface area contributed by atoms with E-state index in [4.69, 9.17) is 14.2 Å². The van der Waals surface area contributed by atoms with Crippen LogP contribution in [0, 0.1) is 11.8 Å². The highest BCUT2D eigenvalue weighted by atomic mass is 16.6. The first kappa shape index (κ1) is 34.8. The van der Waals surface area contributed by atoms with Crippen LogP contribution in [-0.4, -0.2) is 84.3 Å². The lowest BCUT2D eigenvalue weighted by atomic mass is 9.70. The number of aliphatic hydroxyl groups excluding tert-OH is 1. The van der Waals surface area contributed by atoms with E-state index in [0.29, 0.717) is 42.7 Å². The van der Waals surface area contributed by atoms with E-state index in [-0.39, 0.29) is 37.9 Å². The maximum Gasteiger partial charge on any atom is 0.313 e. The largest absolute Gasteiger partial charge is 0.497 e. The summed E-state index contributed by atoms with van der Waals surface area (Å²) >= 11 is 0. The number of benzene rings is 2. The van der Waals surface area contributed by atoms with Gasteiger partial charge in [0.2, 0.25) is 11.8 Å². The third-order valence-electron chi connectivity index (χ3n) is 9.77. The maximum atomic E-state index is 14.7. The summed E-state index contributed by atoms with van der Waals surface area (Å²) in [4.78, 5) is 58.8. The Bertz CT molecular complexity index is 1490. The second kappa shape index (κ2) is 15.2. The fourth-order valence-electron chi connectivity index (χ4n) is 7.45. The van der Waals surface area contributed by atoms with Gasteiger partial charge in [-0.05, 0) is 55.5 Å². The Labute approximate surface area is 281 Å². The van der Waals surface area contributed by atoms with Crippen LogP contribution in [0.5, 0.6) is 5.75 Å². The molecule has 2 bridgehead atoms. The standard InChI is InChI=1S/C37H45N3O8/c1-5-8-14-30(42)38-22-29(24-12-10-9-11-13-24)47-36(45)31-28-19-20-37(48-28)32(31)34(43)40(25(7-3)23-41)33(37)35(44)39(21-6-2)26-15-17-27(46-4)18-16-26/h5-6,9-13,15-18,25,28-29,31-33,41H,1-2,7-8,14,19-23H2,3-4H3,(H,38,42)/t25-,28+,29+,31-,32-,33+,37-/m0/s1. The average molecular weight is 660 g/mol. The molecule has 0 saturated carbocycles. The molecule has 11 nitrogen and oxygen atoms in total. The van der Waals surface area contributed by atoms with Crippen LogP contribution in [0.15, 0.2) is 79.9 Å². The van der Waals surface area contributed by atoms with Gasteiger partial charge in [-0.1, -0.05) is 49.4 Å². The van der Waals surface area contributed by atoms with E-state index in [2.05, 4.69) is 18.5 Å². The predicted octanol–water partition coefficient (Wildman–Crippen LogP) is 3.73. The molecule has 3 aliphatic rings. The number of allylic oxidation sites excluding steroid dienone is 1. The number of hydrogen-bond acceptors (Lipinski definition) is 8. The van der Waals surface area contributed by atoms with Crippen molar-refractivity contribution in [2.24, 2.45) is 11.8 Å². The third-order valence-corrected chi connectivity index (χ3v) is 9.77. The molecular weight excluding hydrogens is 614 g/mol. The molecule has 0 aliphatic carbocycles. The Balaban J connectivity index is 1.47. The van der Waals surface area contributed by atoms with Crippen molar-refractivity contribution in [1.29, 1.82) is 0 Å². The summed E-state index contributed by atoms with van der Waals surface area (Å²) in [7, 11) is 1.56. The molecule has 3 saturated heterocycles. The Morgan fingerprint density at radius 2 is 1.88 bits per heavy atom. The zero-order valence-electron chi connectivity index (χ0n) is 27.6. The summed E-state index contributed by atoms with van der Waals surface area (Å²) < 4.78 is 18.0. The smallest absolute Gasteiger partial charge is 0.313 e. The van der Waals surface area contributed by atoms with Gasteiger partial charge in [0.15, 0.2) is 0 Å². The number of nitrogens with one attached hydrogen (secondary N) is 1. The van der Waals surface area contributed by atoms with Crippen LogP contribution in [-0.2, 0) is 28.7 Å². The Morgan fingerprint density at radius 1 is 1.15 bits per heavy atom. The minimum atomic E-state index is -1.29. The van der Waals surface area contributed by atoms with Crippen LogP contribution in [0.1, 0.15) is 50.7 Å². The number of carbonyl (C=O) groups is 4. The zero-order chi connectivity index (χ0) is 34.4. The molecule has 3 fully saturated rings. The molecule has 3 heterocycles. The fraction of sp³-hybridized carbons (Fsp3) is 0.459. The van der Waals surface area contributed by atoms with Gasteiger partial charge in [-0.2, -0.15) is 0 Å². The van der Waals surface area contributed by atoms with Crippen molar-refractivity contribution in [3.05, 3.63) is 85.5 Å². The SMILES string of the molecule is C=CCCC(=O)NC[C@@H](OC(=O)[C@@H]1[C@H]2C(=O)N([C@@H](CC)CO)[C@H](C(=O)N(CC=C)c3ccc(OC)cc3)[C@]23CC[C@H]1O3)c1ccccc1. The van der Waals surface area contributed by atoms with Gasteiger partial charge in [0.1, 0.15) is 23.5 Å². The first-order valence-corrected chi connectivity index (χ1v) is 16.5. The van der Waals surface area contributed by atoms with Crippen LogP contribution in [0.2, 0.25) is 0 Å². The van der Waals surface area contributed by atoms with Gasteiger partial charge in [0, 0.05) is 18.7 Å². The van der Waals surface area contributed by atoms with Crippen molar-refractivity contribution in [1.82, 2.24) is 10.2 Å². The molecule has 48 heavy (non-hydrogen) atoms. The molecule has 2 aromatic carbocycles. The van der Waals surface area contributed by atoms with Gasteiger partial charge >= 0.3 is 5.97 Å². The summed E-state index contributed by atoms with van der Waals surface area (Å²) in [6, 6.07) is 14.3. The van der Waals surface area contributed by atoms with Crippen LogP contribution in [0.3, 0.4) is 0 Å². The molecule has 2 aromatic rings. The number of likely N-dealkylation sites (tertiary alicyclic amines) is 1. The molecule has 0 unspecified atom stereocenters. The minimum absolute atomic E-state index is 0.0434. The first-order chi connectivity index (χ1) is 23.2. The van der Waals surface area contributed by atoms with E-state index in [9.17, 15) is 24.3 Å². The second-order valence-electron chi connectivity index (χ2n) is 12.4. The lowest BCUT2D eigenvalue weighted by molar-refractivity contribution is -0.161. The van der Waals surface area contributed by atoms with Gasteiger partial charge < -0.3 is 34.4 Å². The molecule has 256 valence electrons. The van der Waals surface area contributed by atoms with E-state index in [1.54, 1.807) is 48.4 Å². The molecule has 3 aliphatic heterocycles. The van der Waals surface area contributed by atoms with Crippen molar-refractivity contribution in [2.45, 2.75) is 68.9 Å². The number of methoxy groups -OCH3 is 1. The lowest BCUT2D eigenvalue weighted by Crippen LogP contribution is -2.59. The number of fused-ring (bicyclic) bond motifs is 1. The van der Waals surface area contributed by atoms with Crippen molar-refractivity contribution in [2.75, 3.05) is 31.7 Å². The Kier molecular flexibility index (Phi) is 11.0. The van der Waals surface area contributed by atoms with Gasteiger partial charge in [-0.15, -0.1) is 13.2 Å². The second-order valence-corrected chi connectivity index (χ2v) is 12.4. The van der Waals surface area contributed by atoms with Gasteiger partial charge in [0.25, 0.3) is 5.91 Å². The summed E-state index contributed by atoms with van der Waals surface area (Å²) in [5, 5.41) is 13.2. The number of carbonyl (C=O) groups excluding carboxylic acids is 4. The van der Waals surface area contributed by atoms with Gasteiger partial charge in [0.05, 0.1) is 44.2 Å². The molecule has 7 atom stereocenters. The summed E-state index contributed by atoms with van der Waals surface area (Å²) in [5.41, 5.74) is -0.0284. The van der Waals surface area contributed by atoms with E-state index in [1.165, 1.54) is 4.90 Å². The van der Waals surface area contributed by atoms with E-state index >= 15 is 0 Å². The Hall–Kier alpha value is -4.48. The monoisotopic (exact) mass is 659 g/mol. The van der Waals surface area contributed by atoms with Crippen molar-refractivity contribution >= 4 is 29.4 Å². The molecular formula is C37H45N3O8. The van der Waals surface area contributed by atoms with E-state index in [0.717, 1.165) is 0 Å². The Morgan fingerprint density at radius 3 is 2.50 bits per heavy atom. The highest BCUT2D eigenvalue weighted by Gasteiger charge is 2.75. The minimum Gasteiger partial charge on any atom is -0.497 e. The molecule has 1 spiro atoms. The quantitative estimate of drug-likeness (QED) is 0.206. The van der Waals surface area contributed by atoms with Crippen LogP contribution < -0.4 is 15.0 Å². The first-order valence-electron chi connectivity index (χ1n) is 16.5. The number of rotatable bonds is 16. The number of nitrogens with zero attached hydrogens (tertiary/aromatic N) is 2. The fourth-order valence-corrected chi connectivity index (χ4v) is 7.45. The third kappa shape index (κ3) is 6.49. The predicted molar refractivity (Wildman–Crippen MR) is 179 cm³/mol. The molecule has 5 rings (SSSR count). The summed E-state index contributed by atoms with van der Waals surface area (Å²) in [6.07, 6.45) is 3.82. The molecule has 0 aromatic heterocycles. The zero-order valence-corrected chi connectivity index (χ0v) is 27.6. The normalized spacial score (nSPS) is 25.1. The van der Waals surface area contributed by atoms with Gasteiger partial charge in [-0.3, -0.25) is 19.2 Å². The van der Waals surface area contributed by atoms with Crippen LogP contribution >= 0.6 is 0 Å². The molecule has 2 N–H and O–H groups in total. The maximum absolute atomic E-state index is 14.7. The highest BCUT2D eigenvalue weighted by molar-refractivity contribution is 6.05. The number of esters is 1. The van der Waals surface area contributed by atoms with E-state index < -0.39 is 53.6 Å². The van der Waals surface area contributed by atoms with E-state index in [1.807, 2.05) is 37.3 Å². The molecule has 0 radical (unpaired) electrons. The number of aliphatic hydroxyl groups is 1. The lowest BCUT2D eigenvalue weighted by Gasteiger charge is -2.39. The molecule has 3 amide bonds. The van der Waals surface area contributed by atoms with Crippen molar-refractivity contribution < 1.29 is 38.5 Å². The number of hydrogen-bond donors (Lipinski definition) is 2. The molecule has 11 heteroatoms. The number of ether oxygens (including phenoxy) is 3. The highest BCUT2D eigenvalue weighted by Crippen LogP contribution is 2.59. The number of anilines is 1. The average Bonchev–Trinajstić information content (AvgIpc) is 3.76. The van der Waals surface area contributed by atoms with Crippen molar-refractivity contribution in [3.63, 3.8) is 0 Å². The summed E-state index contributed by atoms with van der Waals surface area (Å²) in [5.74, 6) is -2.97. The number of amides is 3. The van der Waals surface area contributed by atoms with Crippen LogP contribution in [0.25, 0.3) is 0 Å². The van der Waals surface area contributed by atoms with Crippen LogP contribution in [0.4, 0.5) is 5.69 Å². The van der Waals surface area contributed by atoms with Crippen molar-refractivity contribution in [3.8, 4) is 5.75 Å². The summed E-state index contributed by atoms with van der Waals surface area (Å²) in [6.45, 7) is 9.18.